The van der Waals surface area contributed by atoms with Crippen molar-refractivity contribution >= 4 is 23.8 Å². The third-order valence-electron chi connectivity index (χ3n) is 6.27. The lowest BCUT2D eigenvalue weighted by Crippen LogP contribution is -2.53. The third kappa shape index (κ3) is 4.17. The first-order chi connectivity index (χ1) is 14.4. The summed E-state index contributed by atoms with van der Waals surface area (Å²) < 4.78 is 0. The minimum Gasteiger partial charge on any atom is -0.342 e. The summed E-state index contributed by atoms with van der Waals surface area (Å²) in [6.45, 7) is 2.69. The number of nitrogens with zero attached hydrogens (tertiary/aromatic N) is 2. The van der Waals surface area contributed by atoms with Gasteiger partial charge in [-0.25, -0.2) is 4.79 Å². The number of urea groups is 1. The van der Waals surface area contributed by atoms with Gasteiger partial charge in [-0.05, 0) is 51.0 Å². The predicted octanol–water partition coefficient (Wildman–Crippen LogP) is 1.61. The maximum atomic E-state index is 12.9. The number of rotatable bonds is 6. The lowest BCUT2D eigenvalue weighted by atomic mass is 9.93. The molecule has 2 saturated heterocycles. The minimum atomic E-state index is -1.07. The molecule has 0 spiro atoms. The average molecular weight is 412 g/mol. The van der Waals surface area contributed by atoms with Gasteiger partial charge in [0.25, 0.3) is 5.91 Å². The van der Waals surface area contributed by atoms with E-state index in [1.54, 1.807) is 11.8 Å². The molecule has 2 atom stereocenters. The minimum absolute atomic E-state index is 0.114. The molecule has 2 heterocycles. The van der Waals surface area contributed by atoms with Gasteiger partial charge < -0.3 is 10.2 Å². The smallest absolute Gasteiger partial charge is 0.342 e. The summed E-state index contributed by atoms with van der Waals surface area (Å²) in [6.07, 6.45) is 4.29. The second-order valence-electron chi connectivity index (χ2n) is 8.76. The van der Waals surface area contributed by atoms with Gasteiger partial charge in [0.2, 0.25) is 11.8 Å². The quantitative estimate of drug-likeness (QED) is 0.694. The zero-order valence-corrected chi connectivity index (χ0v) is 17.2. The Morgan fingerprint density at radius 3 is 2.57 bits per heavy atom. The van der Waals surface area contributed by atoms with Gasteiger partial charge in [0, 0.05) is 19.0 Å². The summed E-state index contributed by atoms with van der Waals surface area (Å²) in [6, 6.07) is 9.12. The number of hydrazine groups is 1. The summed E-state index contributed by atoms with van der Waals surface area (Å²) >= 11 is 0. The van der Waals surface area contributed by atoms with Crippen LogP contribution < -0.4 is 10.7 Å². The van der Waals surface area contributed by atoms with E-state index >= 15 is 0 Å². The summed E-state index contributed by atoms with van der Waals surface area (Å²) in [4.78, 5) is 52.2. The van der Waals surface area contributed by atoms with Crippen molar-refractivity contribution in [2.45, 2.75) is 51.0 Å². The van der Waals surface area contributed by atoms with Crippen molar-refractivity contribution in [2.24, 2.45) is 11.8 Å². The van der Waals surface area contributed by atoms with Crippen LogP contribution in [0.1, 0.15) is 44.6 Å². The Hall–Kier alpha value is -2.90. The van der Waals surface area contributed by atoms with Crippen molar-refractivity contribution in [1.29, 1.82) is 0 Å². The van der Waals surface area contributed by atoms with Gasteiger partial charge in [-0.15, -0.1) is 0 Å². The number of amides is 5. The summed E-state index contributed by atoms with van der Waals surface area (Å²) in [5, 5.41) is 3.52. The maximum absolute atomic E-state index is 12.9. The highest BCUT2D eigenvalue weighted by molar-refractivity contribution is 6.07. The van der Waals surface area contributed by atoms with Crippen molar-refractivity contribution in [1.82, 2.24) is 20.7 Å². The first-order valence-corrected chi connectivity index (χ1v) is 10.7. The van der Waals surface area contributed by atoms with E-state index in [4.69, 9.17) is 0 Å². The van der Waals surface area contributed by atoms with Crippen LogP contribution in [0.2, 0.25) is 0 Å². The molecule has 0 radical (unpaired) electrons. The van der Waals surface area contributed by atoms with Crippen LogP contribution in [-0.4, -0.2) is 52.3 Å². The van der Waals surface area contributed by atoms with Gasteiger partial charge >= 0.3 is 6.03 Å². The van der Waals surface area contributed by atoms with Gasteiger partial charge in [-0.3, -0.25) is 19.8 Å². The van der Waals surface area contributed by atoms with Gasteiger partial charge in [0.05, 0.1) is 5.92 Å². The summed E-state index contributed by atoms with van der Waals surface area (Å²) in [7, 11) is 0. The Kier molecular flexibility index (Phi) is 5.49. The van der Waals surface area contributed by atoms with Crippen molar-refractivity contribution in [3.8, 4) is 0 Å². The average Bonchev–Trinajstić information content (AvgIpc) is 3.58. The van der Waals surface area contributed by atoms with Gasteiger partial charge in [0.1, 0.15) is 5.54 Å². The number of aryl methyl sites for hydroxylation is 1. The first kappa shape index (κ1) is 20.4. The molecule has 8 heteroatoms. The van der Waals surface area contributed by atoms with E-state index in [0.717, 1.165) is 29.8 Å². The molecule has 1 aliphatic carbocycles. The molecule has 4 rings (SSSR count). The fraction of sp³-hybridized carbons (Fsp3) is 0.545. The van der Waals surface area contributed by atoms with Crippen LogP contribution in [0.4, 0.5) is 4.79 Å². The third-order valence-corrected chi connectivity index (χ3v) is 6.27. The van der Waals surface area contributed by atoms with Gasteiger partial charge in [0.15, 0.2) is 0 Å². The summed E-state index contributed by atoms with van der Waals surface area (Å²) in [5.41, 5.74) is 2.51. The lowest BCUT2D eigenvalue weighted by molar-refractivity contribution is -0.143. The molecule has 3 aliphatic rings. The molecule has 1 aromatic carbocycles. The molecular formula is C22H28N4O4. The van der Waals surface area contributed by atoms with Crippen LogP contribution in [0.3, 0.4) is 0 Å². The van der Waals surface area contributed by atoms with E-state index in [9.17, 15) is 19.2 Å². The number of hydrogen-bond acceptors (Lipinski definition) is 4. The number of likely N-dealkylation sites (tertiary alicyclic amines) is 1. The van der Waals surface area contributed by atoms with E-state index in [1.807, 2.05) is 30.3 Å². The lowest BCUT2D eigenvalue weighted by Gasteiger charge is -2.32. The van der Waals surface area contributed by atoms with E-state index in [-0.39, 0.29) is 17.7 Å². The van der Waals surface area contributed by atoms with Gasteiger partial charge in [-0.1, -0.05) is 30.3 Å². The van der Waals surface area contributed by atoms with E-state index in [2.05, 4.69) is 10.7 Å². The highest BCUT2D eigenvalue weighted by Gasteiger charge is 2.49. The molecule has 2 unspecified atom stereocenters. The van der Waals surface area contributed by atoms with Gasteiger partial charge in [-0.2, -0.15) is 5.01 Å². The largest absolute Gasteiger partial charge is 0.344 e. The van der Waals surface area contributed by atoms with Crippen LogP contribution in [-0.2, 0) is 20.8 Å². The molecule has 1 aromatic rings. The Bertz CT molecular complexity index is 854. The highest BCUT2D eigenvalue weighted by atomic mass is 16.2. The molecule has 2 N–H and O–H groups in total. The zero-order valence-electron chi connectivity index (χ0n) is 17.2. The normalized spacial score (nSPS) is 26.5. The molecule has 3 fully saturated rings. The monoisotopic (exact) mass is 412 g/mol. The first-order valence-electron chi connectivity index (χ1n) is 10.7. The van der Waals surface area contributed by atoms with E-state index < -0.39 is 23.4 Å². The molecule has 160 valence electrons. The SMILES string of the molecule is CC1(CCc2ccccc2)NC(=O)N(NC(=O)C2CCCN(C(=O)C3CC3)C2)C1=O. The molecule has 8 nitrogen and oxygen atoms in total. The van der Waals surface area contributed by atoms with Crippen LogP contribution in [0.15, 0.2) is 30.3 Å². The fourth-order valence-electron chi connectivity index (χ4n) is 4.18. The Morgan fingerprint density at radius 2 is 1.87 bits per heavy atom. The highest BCUT2D eigenvalue weighted by Crippen LogP contribution is 2.32. The molecule has 0 bridgehead atoms. The molecule has 5 amide bonds. The van der Waals surface area contributed by atoms with Crippen LogP contribution in [0, 0.1) is 11.8 Å². The Morgan fingerprint density at radius 1 is 1.13 bits per heavy atom. The Labute approximate surface area is 175 Å². The van der Waals surface area contributed by atoms with Crippen molar-refractivity contribution in [2.75, 3.05) is 13.1 Å². The van der Waals surface area contributed by atoms with E-state index in [0.29, 0.717) is 32.4 Å². The molecular weight excluding hydrogens is 384 g/mol. The number of imide groups is 1. The second kappa shape index (κ2) is 8.08. The van der Waals surface area contributed by atoms with Crippen molar-refractivity contribution < 1.29 is 19.2 Å². The number of piperidine rings is 1. The summed E-state index contributed by atoms with van der Waals surface area (Å²) in [5.74, 6) is -1.03. The number of carbonyl (C=O) groups excluding carboxylic acids is 4. The number of hydrogen-bond donors (Lipinski definition) is 2. The van der Waals surface area contributed by atoms with Crippen LogP contribution in [0.5, 0.6) is 0 Å². The molecule has 0 aromatic heterocycles. The van der Waals surface area contributed by atoms with E-state index in [1.165, 1.54) is 0 Å². The Balaban J connectivity index is 1.35. The van der Waals surface area contributed by atoms with Crippen LogP contribution in [0.25, 0.3) is 0 Å². The van der Waals surface area contributed by atoms with Crippen molar-refractivity contribution in [3.05, 3.63) is 35.9 Å². The standard InChI is InChI=1S/C22H28N4O4/c1-22(12-11-15-6-3-2-4-7-15)20(29)26(21(30)23-22)24-18(27)17-8-5-13-25(14-17)19(28)16-9-10-16/h2-4,6-7,16-17H,5,8-14H2,1H3,(H,23,30)(H,24,27). The molecule has 2 aliphatic heterocycles. The topological polar surface area (TPSA) is 98.8 Å². The van der Waals surface area contributed by atoms with Crippen LogP contribution >= 0.6 is 0 Å². The van der Waals surface area contributed by atoms with Crippen molar-refractivity contribution in [3.63, 3.8) is 0 Å². The molecule has 30 heavy (non-hydrogen) atoms. The number of nitrogens with one attached hydrogen (secondary N) is 2. The fourth-order valence-corrected chi connectivity index (χ4v) is 4.18. The predicted molar refractivity (Wildman–Crippen MR) is 109 cm³/mol. The zero-order chi connectivity index (χ0) is 21.3. The second-order valence-corrected chi connectivity index (χ2v) is 8.76. The number of carbonyl (C=O) groups is 4. The maximum Gasteiger partial charge on any atom is 0.344 e. The molecule has 1 saturated carbocycles. The number of benzene rings is 1.